The molecule has 104 valence electrons. The van der Waals surface area contributed by atoms with E-state index in [0.29, 0.717) is 0 Å². The van der Waals surface area contributed by atoms with Crippen LogP contribution in [-0.2, 0) is 19.9 Å². The zero-order chi connectivity index (χ0) is 14.8. The number of halogens is 1. The Bertz CT molecular complexity index is 840. The first-order valence-electron chi connectivity index (χ1n) is 6.92. The molecule has 0 atom stereocenters. The van der Waals surface area contributed by atoms with Gasteiger partial charge >= 0.3 is 0 Å². The van der Waals surface area contributed by atoms with Gasteiger partial charge < -0.3 is 4.57 Å². The lowest BCUT2D eigenvalue weighted by molar-refractivity contribution is 0.903. The largest absolute Gasteiger partial charge is 0.335 e. The molecule has 21 heavy (non-hydrogen) atoms. The molecule has 0 radical (unpaired) electrons. The number of para-hydroxylation sites is 1. The topological polar surface area (TPSA) is 28.7 Å². The summed E-state index contributed by atoms with van der Waals surface area (Å²) in [4.78, 5) is 0. The highest BCUT2D eigenvalue weighted by molar-refractivity contribution is 9.10. The maximum Gasteiger partial charge on any atom is 0.124 e. The predicted molar refractivity (Wildman–Crippen MR) is 89.2 cm³/mol. The number of hydrogen-bond donors (Lipinski definition) is 0. The zero-order valence-electron chi connectivity index (χ0n) is 11.8. The van der Waals surface area contributed by atoms with Gasteiger partial charge in [-0.05, 0) is 36.1 Å². The second-order valence-corrected chi connectivity index (χ2v) is 5.96. The molecule has 0 spiro atoms. The van der Waals surface area contributed by atoms with Gasteiger partial charge in [0.05, 0.1) is 0 Å². The van der Waals surface area contributed by atoms with Crippen LogP contribution in [-0.4, -0.2) is 4.57 Å². The fourth-order valence-corrected chi connectivity index (χ4v) is 3.31. The number of aryl methyl sites for hydroxylation is 3. The van der Waals surface area contributed by atoms with Crippen molar-refractivity contribution in [3.63, 3.8) is 0 Å². The molecule has 1 heterocycles. The molecule has 2 aromatic carbocycles. The van der Waals surface area contributed by atoms with Crippen molar-refractivity contribution in [3.05, 3.63) is 69.8 Å². The van der Waals surface area contributed by atoms with Crippen LogP contribution in [0.5, 0.6) is 0 Å². The minimum atomic E-state index is 0.767. The van der Waals surface area contributed by atoms with Gasteiger partial charge in [0.25, 0.3) is 0 Å². The van der Waals surface area contributed by atoms with Crippen LogP contribution in [0.2, 0.25) is 0 Å². The molecule has 0 aliphatic carbocycles. The molecule has 3 aromatic rings. The normalized spacial score (nSPS) is 10.7. The monoisotopic (exact) mass is 338 g/mol. The summed E-state index contributed by atoms with van der Waals surface area (Å²) in [7, 11) is 1.96. The van der Waals surface area contributed by atoms with E-state index in [2.05, 4.69) is 46.3 Å². The van der Waals surface area contributed by atoms with Crippen LogP contribution < -0.4 is 0 Å². The summed E-state index contributed by atoms with van der Waals surface area (Å²) in [5, 5.41) is 10.7. The molecule has 3 heteroatoms. The Morgan fingerprint density at radius 2 is 1.76 bits per heavy atom. The summed E-state index contributed by atoms with van der Waals surface area (Å²) < 4.78 is 3.12. The summed E-state index contributed by atoms with van der Waals surface area (Å²) >= 11 is 3.59. The smallest absolute Gasteiger partial charge is 0.124 e. The van der Waals surface area contributed by atoms with Crippen LogP contribution in [0.3, 0.4) is 0 Å². The zero-order valence-corrected chi connectivity index (χ0v) is 13.4. The SMILES string of the molecule is Cn1c(C#N)c(CCc2ccccc2Br)c2ccccc21. The van der Waals surface area contributed by atoms with Crippen LogP contribution in [0.1, 0.15) is 16.8 Å². The van der Waals surface area contributed by atoms with Crippen LogP contribution in [0.25, 0.3) is 10.9 Å². The van der Waals surface area contributed by atoms with E-state index in [1.54, 1.807) is 0 Å². The molecule has 1 aromatic heterocycles. The third kappa shape index (κ3) is 2.48. The third-order valence-electron chi connectivity index (χ3n) is 3.92. The molecule has 0 bridgehead atoms. The van der Waals surface area contributed by atoms with Crippen molar-refractivity contribution in [3.8, 4) is 6.07 Å². The summed E-state index contributed by atoms with van der Waals surface area (Å²) in [5.41, 5.74) is 4.31. The average Bonchev–Trinajstić information content (AvgIpc) is 2.79. The van der Waals surface area contributed by atoms with Crippen molar-refractivity contribution in [2.24, 2.45) is 7.05 Å². The lowest BCUT2D eigenvalue weighted by atomic mass is 10.0. The molecule has 0 saturated heterocycles. The number of benzene rings is 2. The number of nitrogens with zero attached hydrogens (tertiary/aromatic N) is 2. The Kier molecular flexibility index (Phi) is 3.81. The van der Waals surface area contributed by atoms with Crippen LogP contribution in [0.4, 0.5) is 0 Å². The van der Waals surface area contributed by atoms with E-state index in [-0.39, 0.29) is 0 Å². The molecular formula is C18H15BrN2. The summed E-state index contributed by atoms with van der Waals surface area (Å²) in [6, 6.07) is 18.8. The van der Waals surface area contributed by atoms with Gasteiger partial charge in [0.2, 0.25) is 0 Å². The van der Waals surface area contributed by atoms with E-state index in [0.717, 1.165) is 34.1 Å². The second kappa shape index (κ2) is 5.75. The minimum absolute atomic E-state index is 0.767. The van der Waals surface area contributed by atoms with E-state index >= 15 is 0 Å². The van der Waals surface area contributed by atoms with Crippen LogP contribution in [0.15, 0.2) is 53.0 Å². The van der Waals surface area contributed by atoms with Crippen molar-refractivity contribution < 1.29 is 0 Å². The van der Waals surface area contributed by atoms with Gasteiger partial charge in [-0.2, -0.15) is 5.26 Å². The first kappa shape index (κ1) is 13.9. The first-order chi connectivity index (χ1) is 10.2. The molecule has 0 aliphatic heterocycles. The van der Waals surface area contributed by atoms with Gasteiger partial charge in [0.1, 0.15) is 11.8 Å². The maximum atomic E-state index is 9.47. The molecule has 3 rings (SSSR count). The van der Waals surface area contributed by atoms with Crippen molar-refractivity contribution >= 4 is 26.8 Å². The Morgan fingerprint density at radius 1 is 1.05 bits per heavy atom. The van der Waals surface area contributed by atoms with Gasteiger partial charge in [0, 0.05) is 22.4 Å². The predicted octanol–water partition coefficient (Wildman–Crippen LogP) is 4.60. The highest BCUT2D eigenvalue weighted by Crippen LogP contribution is 2.27. The van der Waals surface area contributed by atoms with E-state index < -0.39 is 0 Å². The van der Waals surface area contributed by atoms with Crippen molar-refractivity contribution in [1.29, 1.82) is 5.26 Å². The average molecular weight is 339 g/mol. The second-order valence-electron chi connectivity index (χ2n) is 5.11. The molecule has 2 nitrogen and oxygen atoms in total. The number of rotatable bonds is 3. The quantitative estimate of drug-likeness (QED) is 0.686. The molecular weight excluding hydrogens is 324 g/mol. The molecule has 0 saturated carbocycles. The van der Waals surface area contributed by atoms with Crippen molar-refractivity contribution in [1.82, 2.24) is 4.57 Å². The molecule has 0 aliphatic rings. The number of fused-ring (bicyclic) bond motifs is 1. The Morgan fingerprint density at radius 3 is 2.52 bits per heavy atom. The van der Waals surface area contributed by atoms with Gasteiger partial charge in [-0.1, -0.05) is 52.3 Å². The Labute approximate surface area is 132 Å². The summed E-state index contributed by atoms with van der Waals surface area (Å²) in [6.45, 7) is 0. The Balaban J connectivity index is 2.01. The molecule has 0 N–H and O–H groups in total. The van der Waals surface area contributed by atoms with Crippen molar-refractivity contribution in [2.75, 3.05) is 0 Å². The van der Waals surface area contributed by atoms with Crippen LogP contribution in [0, 0.1) is 11.3 Å². The van der Waals surface area contributed by atoms with E-state index in [1.165, 1.54) is 10.9 Å². The maximum absolute atomic E-state index is 9.47. The first-order valence-corrected chi connectivity index (χ1v) is 7.71. The summed E-state index contributed by atoms with van der Waals surface area (Å²) in [6.07, 6.45) is 1.79. The molecule has 0 unspecified atom stereocenters. The fourth-order valence-electron chi connectivity index (χ4n) is 2.83. The molecule has 0 fully saturated rings. The van der Waals surface area contributed by atoms with E-state index in [9.17, 15) is 5.26 Å². The highest BCUT2D eigenvalue weighted by Gasteiger charge is 2.14. The lowest BCUT2D eigenvalue weighted by Gasteiger charge is -2.04. The van der Waals surface area contributed by atoms with Gasteiger partial charge in [-0.25, -0.2) is 0 Å². The number of nitriles is 1. The van der Waals surface area contributed by atoms with Gasteiger partial charge in [-0.3, -0.25) is 0 Å². The number of aromatic nitrogens is 1. The van der Waals surface area contributed by atoms with Gasteiger partial charge in [-0.15, -0.1) is 0 Å². The fraction of sp³-hybridized carbons (Fsp3) is 0.167. The van der Waals surface area contributed by atoms with E-state index in [4.69, 9.17) is 0 Å². The minimum Gasteiger partial charge on any atom is -0.335 e. The number of hydrogen-bond acceptors (Lipinski definition) is 1. The van der Waals surface area contributed by atoms with E-state index in [1.807, 2.05) is 35.9 Å². The standard InChI is InChI=1S/C18H15BrN2/c1-21-17-9-5-3-7-14(17)15(18(21)12-20)11-10-13-6-2-4-8-16(13)19/h2-9H,10-11H2,1H3. The Hall–Kier alpha value is -2.05. The van der Waals surface area contributed by atoms with Crippen LogP contribution >= 0.6 is 15.9 Å². The summed E-state index contributed by atoms with van der Waals surface area (Å²) in [5.74, 6) is 0. The third-order valence-corrected chi connectivity index (χ3v) is 4.69. The lowest BCUT2D eigenvalue weighted by Crippen LogP contribution is -1.97. The highest BCUT2D eigenvalue weighted by atomic mass is 79.9. The van der Waals surface area contributed by atoms with Gasteiger partial charge in [0.15, 0.2) is 0 Å². The molecule has 0 amide bonds. The van der Waals surface area contributed by atoms with Crippen molar-refractivity contribution in [2.45, 2.75) is 12.8 Å².